The summed E-state index contributed by atoms with van der Waals surface area (Å²) < 4.78 is 38.7. The smallest absolute Gasteiger partial charge is 0.243 e. The van der Waals surface area contributed by atoms with Crippen LogP contribution in [0.3, 0.4) is 0 Å². The number of sulfonamides is 1. The van der Waals surface area contributed by atoms with Gasteiger partial charge >= 0.3 is 0 Å². The third kappa shape index (κ3) is 5.17. The highest BCUT2D eigenvalue weighted by Gasteiger charge is 2.27. The maximum atomic E-state index is 13.0. The van der Waals surface area contributed by atoms with Crippen molar-refractivity contribution in [3.05, 3.63) is 47.0 Å². The Kier molecular flexibility index (Phi) is 6.90. The van der Waals surface area contributed by atoms with E-state index in [9.17, 15) is 13.2 Å². The van der Waals surface area contributed by atoms with Crippen molar-refractivity contribution in [2.75, 3.05) is 51.8 Å². The number of rotatable bonds is 5. The zero-order valence-electron chi connectivity index (χ0n) is 17.8. The van der Waals surface area contributed by atoms with Crippen molar-refractivity contribution in [2.45, 2.75) is 17.7 Å². The van der Waals surface area contributed by atoms with Gasteiger partial charge < -0.3 is 19.7 Å². The van der Waals surface area contributed by atoms with Crippen LogP contribution in [0.1, 0.15) is 12.0 Å². The SMILES string of the molecule is CN1CCN(S(=O)(=O)c2cccc(NC(=O)Cc3cc(Cl)c4c(c3)OCCCO4)c2)CC1. The van der Waals surface area contributed by atoms with Gasteiger partial charge in [0.05, 0.1) is 29.6 Å². The van der Waals surface area contributed by atoms with Crippen LogP contribution in [0, 0.1) is 0 Å². The molecule has 1 saturated heterocycles. The van der Waals surface area contributed by atoms with E-state index in [2.05, 4.69) is 10.2 Å². The molecule has 0 aromatic heterocycles. The molecule has 2 aromatic rings. The van der Waals surface area contributed by atoms with E-state index in [-0.39, 0.29) is 17.2 Å². The Labute approximate surface area is 193 Å². The molecule has 2 aliphatic heterocycles. The molecular formula is C22H26ClN3O5S. The molecule has 2 aliphatic rings. The standard InChI is InChI=1S/C22H26ClN3O5S/c1-25-6-8-26(9-7-25)32(28,29)18-5-2-4-17(15-18)24-21(27)14-16-12-19(23)22-20(13-16)30-10-3-11-31-22/h2,4-5,12-13,15H,3,6-11,14H2,1H3,(H,24,27). The molecule has 0 aliphatic carbocycles. The van der Waals surface area contributed by atoms with Crippen molar-refractivity contribution in [1.29, 1.82) is 0 Å². The molecule has 1 N–H and O–H groups in total. The highest BCUT2D eigenvalue weighted by Crippen LogP contribution is 2.38. The first-order valence-electron chi connectivity index (χ1n) is 10.5. The number of anilines is 1. The van der Waals surface area contributed by atoms with E-state index in [4.69, 9.17) is 21.1 Å². The normalized spacial score (nSPS) is 17.6. The van der Waals surface area contributed by atoms with Gasteiger partial charge in [-0.2, -0.15) is 4.31 Å². The van der Waals surface area contributed by atoms with E-state index in [1.165, 1.54) is 10.4 Å². The van der Waals surface area contributed by atoms with E-state index in [1.54, 1.807) is 30.3 Å². The highest BCUT2D eigenvalue weighted by molar-refractivity contribution is 7.89. The maximum Gasteiger partial charge on any atom is 0.243 e. The van der Waals surface area contributed by atoms with E-state index in [0.29, 0.717) is 67.2 Å². The number of piperazine rings is 1. The number of carbonyl (C=O) groups excluding carboxylic acids is 1. The summed E-state index contributed by atoms with van der Waals surface area (Å²) in [6, 6.07) is 9.77. The molecule has 0 radical (unpaired) electrons. The van der Waals surface area contributed by atoms with Gasteiger partial charge in [-0.25, -0.2) is 8.42 Å². The number of carbonyl (C=O) groups is 1. The molecule has 2 heterocycles. The zero-order valence-corrected chi connectivity index (χ0v) is 19.4. The van der Waals surface area contributed by atoms with Gasteiger partial charge in [-0.05, 0) is 42.9 Å². The van der Waals surface area contributed by atoms with Crippen LogP contribution in [0.2, 0.25) is 5.02 Å². The number of nitrogens with zero attached hydrogens (tertiary/aromatic N) is 2. The molecule has 8 nitrogen and oxygen atoms in total. The molecule has 0 atom stereocenters. The van der Waals surface area contributed by atoms with Crippen LogP contribution in [-0.2, 0) is 21.2 Å². The van der Waals surface area contributed by atoms with Crippen molar-refractivity contribution in [3.63, 3.8) is 0 Å². The summed E-state index contributed by atoms with van der Waals surface area (Å²) in [5, 5.41) is 3.18. The molecule has 0 saturated carbocycles. The average Bonchev–Trinajstić information content (AvgIpc) is 3.00. The van der Waals surface area contributed by atoms with Crippen molar-refractivity contribution in [1.82, 2.24) is 9.21 Å². The van der Waals surface area contributed by atoms with Gasteiger partial charge in [0.2, 0.25) is 15.9 Å². The lowest BCUT2D eigenvalue weighted by Crippen LogP contribution is -2.47. The van der Waals surface area contributed by atoms with Crippen LogP contribution in [0.5, 0.6) is 11.5 Å². The zero-order chi connectivity index (χ0) is 22.7. The molecule has 0 bridgehead atoms. The number of likely N-dealkylation sites (N-methyl/N-ethyl adjacent to an activating group) is 1. The monoisotopic (exact) mass is 479 g/mol. The Morgan fingerprint density at radius 3 is 2.62 bits per heavy atom. The van der Waals surface area contributed by atoms with Crippen molar-refractivity contribution < 1.29 is 22.7 Å². The van der Waals surface area contributed by atoms with E-state index >= 15 is 0 Å². The van der Waals surface area contributed by atoms with Crippen molar-refractivity contribution in [2.24, 2.45) is 0 Å². The van der Waals surface area contributed by atoms with Gasteiger partial charge in [-0.3, -0.25) is 4.79 Å². The molecule has 2 aromatic carbocycles. The number of fused-ring (bicyclic) bond motifs is 1. The van der Waals surface area contributed by atoms with E-state index < -0.39 is 10.0 Å². The van der Waals surface area contributed by atoms with Crippen LogP contribution in [0.25, 0.3) is 0 Å². The summed E-state index contributed by atoms with van der Waals surface area (Å²) in [6.07, 6.45) is 0.819. The summed E-state index contributed by atoms with van der Waals surface area (Å²) in [5.41, 5.74) is 1.10. The first-order chi connectivity index (χ1) is 15.3. The summed E-state index contributed by atoms with van der Waals surface area (Å²) in [7, 11) is -1.65. The lowest BCUT2D eigenvalue weighted by Gasteiger charge is -2.31. The van der Waals surface area contributed by atoms with Crippen LogP contribution in [0.15, 0.2) is 41.3 Å². The van der Waals surface area contributed by atoms with Gasteiger partial charge in [-0.15, -0.1) is 0 Å². The fraction of sp³-hybridized carbons (Fsp3) is 0.409. The fourth-order valence-corrected chi connectivity index (χ4v) is 5.45. The van der Waals surface area contributed by atoms with Crippen LogP contribution >= 0.6 is 11.6 Å². The van der Waals surface area contributed by atoms with Gasteiger partial charge in [0, 0.05) is 38.3 Å². The number of amides is 1. The molecule has 1 fully saturated rings. The Morgan fingerprint density at radius 2 is 1.84 bits per heavy atom. The fourth-order valence-electron chi connectivity index (χ4n) is 3.69. The molecule has 0 unspecified atom stereocenters. The van der Waals surface area contributed by atoms with E-state index in [1.807, 2.05) is 7.05 Å². The summed E-state index contributed by atoms with van der Waals surface area (Å²) in [6.45, 7) is 3.32. The van der Waals surface area contributed by atoms with Crippen molar-refractivity contribution in [3.8, 4) is 11.5 Å². The third-order valence-corrected chi connectivity index (χ3v) is 7.62. The highest BCUT2D eigenvalue weighted by atomic mass is 35.5. The van der Waals surface area contributed by atoms with Gasteiger partial charge in [0.25, 0.3) is 0 Å². The molecule has 1 amide bonds. The first kappa shape index (κ1) is 22.8. The van der Waals surface area contributed by atoms with Crippen molar-refractivity contribution >= 4 is 33.2 Å². The number of benzene rings is 2. The number of halogens is 1. The number of nitrogens with one attached hydrogen (secondary N) is 1. The topological polar surface area (TPSA) is 88.2 Å². The van der Waals surface area contributed by atoms with Gasteiger partial charge in [0.1, 0.15) is 0 Å². The summed E-state index contributed by atoms with van der Waals surface area (Å²) in [4.78, 5) is 14.9. The van der Waals surface area contributed by atoms with Crippen LogP contribution in [-0.4, -0.2) is 70.0 Å². The third-order valence-electron chi connectivity index (χ3n) is 5.44. The van der Waals surface area contributed by atoms with E-state index in [0.717, 1.165) is 6.42 Å². The molecular weight excluding hydrogens is 454 g/mol. The molecule has 32 heavy (non-hydrogen) atoms. The second-order valence-corrected chi connectivity index (χ2v) is 10.3. The quantitative estimate of drug-likeness (QED) is 0.709. The van der Waals surface area contributed by atoms with Crippen LogP contribution < -0.4 is 14.8 Å². The van der Waals surface area contributed by atoms with Crippen LogP contribution in [0.4, 0.5) is 5.69 Å². The summed E-state index contributed by atoms with van der Waals surface area (Å²) >= 11 is 6.31. The minimum absolute atomic E-state index is 0.0613. The molecule has 4 rings (SSSR count). The number of ether oxygens (including phenoxy) is 2. The average molecular weight is 480 g/mol. The Balaban J connectivity index is 1.45. The predicted octanol–water partition coefficient (Wildman–Crippen LogP) is 2.62. The minimum atomic E-state index is -3.61. The number of hydrogen-bond donors (Lipinski definition) is 1. The Morgan fingerprint density at radius 1 is 1.09 bits per heavy atom. The summed E-state index contributed by atoms with van der Waals surface area (Å²) in [5.74, 6) is 0.734. The van der Waals surface area contributed by atoms with Gasteiger partial charge in [-0.1, -0.05) is 17.7 Å². The second-order valence-electron chi connectivity index (χ2n) is 7.92. The second kappa shape index (κ2) is 9.66. The van der Waals surface area contributed by atoms with Gasteiger partial charge in [0.15, 0.2) is 11.5 Å². The Hall–Kier alpha value is -2.33. The largest absolute Gasteiger partial charge is 0.489 e. The molecule has 10 heteroatoms. The Bertz CT molecular complexity index is 1100. The molecule has 172 valence electrons. The maximum absolute atomic E-state index is 13.0. The number of hydrogen-bond acceptors (Lipinski definition) is 6. The first-order valence-corrected chi connectivity index (χ1v) is 12.3. The molecule has 0 spiro atoms. The predicted molar refractivity (Wildman–Crippen MR) is 122 cm³/mol. The lowest BCUT2D eigenvalue weighted by molar-refractivity contribution is -0.115. The lowest BCUT2D eigenvalue weighted by atomic mass is 10.1. The minimum Gasteiger partial charge on any atom is -0.489 e.